The van der Waals surface area contributed by atoms with E-state index in [2.05, 4.69) is 5.32 Å². The molecule has 0 aromatic heterocycles. The number of amides is 1. The van der Waals surface area contributed by atoms with Gasteiger partial charge in [0.05, 0.1) is 13.2 Å². The number of aliphatic hydroxyl groups is 2. The van der Waals surface area contributed by atoms with Gasteiger partial charge in [-0.25, -0.2) is 4.39 Å². The summed E-state index contributed by atoms with van der Waals surface area (Å²) in [5.74, 6) is -0.942. The monoisotopic (exact) mass is 339 g/mol. The van der Waals surface area contributed by atoms with Gasteiger partial charge in [-0.3, -0.25) is 4.79 Å². The van der Waals surface area contributed by atoms with Crippen molar-refractivity contribution in [1.29, 1.82) is 0 Å². The fraction of sp³-hybridized carbons (Fsp3) is 0.188. The van der Waals surface area contributed by atoms with Crippen molar-refractivity contribution in [2.45, 2.75) is 13.2 Å². The zero-order valence-corrected chi connectivity index (χ0v) is 12.8. The van der Waals surface area contributed by atoms with Gasteiger partial charge < -0.3 is 20.3 Å². The standard InChI is InChI=1S/C16H15ClFNO4/c17-12-1-3-14(4-2-12)19-15(22)9-23-16-10(7-20)5-13(18)6-11(16)8-21/h1-6,20-21H,7-9H2,(H,19,22). The maximum absolute atomic E-state index is 13.3. The molecule has 122 valence electrons. The Morgan fingerprint density at radius 3 is 2.22 bits per heavy atom. The molecule has 0 unspecified atom stereocenters. The van der Waals surface area contributed by atoms with Gasteiger partial charge in [-0.05, 0) is 36.4 Å². The van der Waals surface area contributed by atoms with Crippen molar-refractivity contribution >= 4 is 23.2 Å². The number of carbonyl (C=O) groups is 1. The molecule has 0 aliphatic heterocycles. The first-order chi connectivity index (χ1) is 11.0. The molecular weight excluding hydrogens is 325 g/mol. The minimum atomic E-state index is -0.601. The highest BCUT2D eigenvalue weighted by Gasteiger charge is 2.13. The Morgan fingerprint density at radius 2 is 1.70 bits per heavy atom. The fourth-order valence-corrected chi connectivity index (χ4v) is 2.13. The lowest BCUT2D eigenvalue weighted by molar-refractivity contribution is -0.118. The molecule has 0 aliphatic rings. The molecule has 2 rings (SSSR count). The van der Waals surface area contributed by atoms with Crippen molar-refractivity contribution in [3.05, 3.63) is 58.4 Å². The quantitative estimate of drug-likeness (QED) is 0.755. The van der Waals surface area contributed by atoms with Crippen LogP contribution in [-0.4, -0.2) is 22.7 Å². The number of benzene rings is 2. The third-order valence-corrected chi connectivity index (χ3v) is 3.28. The molecule has 7 heteroatoms. The van der Waals surface area contributed by atoms with Crippen molar-refractivity contribution in [1.82, 2.24) is 0 Å². The second kappa shape index (κ2) is 7.92. The molecule has 0 fully saturated rings. The average Bonchev–Trinajstić information content (AvgIpc) is 2.54. The van der Waals surface area contributed by atoms with Crippen LogP contribution in [0.3, 0.4) is 0 Å². The summed E-state index contributed by atoms with van der Waals surface area (Å²) >= 11 is 5.75. The molecule has 2 aromatic rings. The molecule has 0 heterocycles. The van der Waals surface area contributed by atoms with E-state index in [0.717, 1.165) is 12.1 Å². The first kappa shape index (κ1) is 17.2. The lowest BCUT2D eigenvalue weighted by Crippen LogP contribution is -2.21. The molecule has 0 spiro atoms. The number of carbonyl (C=O) groups excluding carboxylic acids is 1. The molecule has 23 heavy (non-hydrogen) atoms. The van der Waals surface area contributed by atoms with Gasteiger partial charge in [0, 0.05) is 21.8 Å². The van der Waals surface area contributed by atoms with Gasteiger partial charge in [-0.15, -0.1) is 0 Å². The second-order valence-electron chi connectivity index (χ2n) is 4.71. The van der Waals surface area contributed by atoms with Crippen LogP contribution in [0.1, 0.15) is 11.1 Å². The largest absolute Gasteiger partial charge is 0.483 e. The van der Waals surface area contributed by atoms with E-state index in [9.17, 15) is 19.4 Å². The summed E-state index contributed by atoms with van der Waals surface area (Å²) < 4.78 is 18.7. The van der Waals surface area contributed by atoms with E-state index >= 15 is 0 Å². The van der Waals surface area contributed by atoms with Crippen LogP contribution in [0, 0.1) is 5.82 Å². The van der Waals surface area contributed by atoms with Gasteiger partial charge in [0.2, 0.25) is 0 Å². The van der Waals surface area contributed by atoms with Crippen LogP contribution in [-0.2, 0) is 18.0 Å². The summed E-state index contributed by atoms with van der Waals surface area (Å²) in [4.78, 5) is 11.9. The van der Waals surface area contributed by atoms with Gasteiger partial charge in [0.25, 0.3) is 5.91 Å². The Kier molecular flexibility index (Phi) is 5.92. The molecule has 0 saturated carbocycles. The molecule has 0 atom stereocenters. The minimum Gasteiger partial charge on any atom is -0.483 e. The maximum atomic E-state index is 13.3. The van der Waals surface area contributed by atoms with Crippen LogP contribution < -0.4 is 10.1 Å². The Bertz CT molecular complexity index is 666. The van der Waals surface area contributed by atoms with Crippen LogP contribution >= 0.6 is 11.6 Å². The smallest absolute Gasteiger partial charge is 0.262 e. The van der Waals surface area contributed by atoms with Gasteiger partial charge in [0.1, 0.15) is 11.6 Å². The van der Waals surface area contributed by atoms with E-state index in [-0.39, 0.29) is 23.5 Å². The lowest BCUT2D eigenvalue weighted by atomic mass is 10.1. The number of anilines is 1. The minimum absolute atomic E-state index is 0.0997. The summed E-state index contributed by atoms with van der Waals surface area (Å²) in [6.07, 6.45) is 0. The molecule has 3 N–H and O–H groups in total. The molecule has 0 radical (unpaired) electrons. The van der Waals surface area contributed by atoms with E-state index in [1.54, 1.807) is 24.3 Å². The average molecular weight is 340 g/mol. The summed E-state index contributed by atoms with van der Waals surface area (Å²) in [7, 11) is 0. The second-order valence-corrected chi connectivity index (χ2v) is 5.15. The first-order valence-electron chi connectivity index (χ1n) is 6.74. The number of rotatable bonds is 6. The molecule has 2 aromatic carbocycles. The maximum Gasteiger partial charge on any atom is 0.262 e. The van der Waals surface area contributed by atoms with E-state index in [4.69, 9.17) is 16.3 Å². The predicted octanol–water partition coefficient (Wildman–Crippen LogP) is 2.48. The number of halogens is 2. The highest BCUT2D eigenvalue weighted by molar-refractivity contribution is 6.30. The molecule has 1 amide bonds. The van der Waals surface area contributed by atoms with E-state index in [1.165, 1.54) is 0 Å². The molecule has 0 bridgehead atoms. The molecule has 0 aliphatic carbocycles. The van der Waals surface area contributed by atoms with Crippen LogP contribution in [0.5, 0.6) is 5.75 Å². The Morgan fingerprint density at radius 1 is 1.13 bits per heavy atom. The zero-order chi connectivity index (χ0) is 16.8. The SMILES string of the molecule is O=C(COc1c(CO)cc(F)cc1CO)Nc1ccc(Cl)cc1. The summed E-state index contributed by atoms with van der Waals surface area (Å²) in [6.45, 7) is -1.30. The normalized spacial score (nSPS) is 10.4. The third-order valence-electron chi connectivity index (χ3n) is 3.02. The predicted molar refractivity (Wildman–Crippen MR) is 83.8 cm³/mol. The fourth-order valence-electron chi connectivity index (χ4n) is 2.00. The number of aliphatic hydroxyl groups excluding tert-OH is 2. The molecular formula is C16H15ClFNO4. The summed E-state index contributed by atoms with van der Waals surface area (Å²) in [5.41, 5.74) is 0.869. The highest BCUT2D eigenvalue weighted by Crippen LogP contribution is 2.26. The Hall–Kier alpha value is -2.15. The van der Waals surface area contributed by atoms with Gasteiger partial charge in [-0.2, -0.15) is 0 Å². The van der Waals surface area contributed by atoms with Gasteiger partial charge >= 0.3 is 0 Å². The van der Waals surface area contributed by atoms with Gasteiger partial charge in [-0.1, -0.05) is 11.6 Å². The highest BCUT2D eigenvalue weighted by atomic mass is 35.5. The van der Waals surface area contributed by atoms with Crippen molar-refractivity contribution in [2.75, 3.05) is 11.9 Å². The zero-order valence-electron chi connectivity index (χ0n) is 12.1. The number of ether oxygens (including phenoxy) is 1. The van der Waals surface area contributed by atoms with Crippen molar-refractivity contribution < 1.29 is 24.1 Å². The third kappa shape index (κ3) is 4.66. The van der Waals surface area contributed by atoms with Crippen molar-refractivity contribution in [2.24, 2.45) is 0 Å². The van der Waals surface area contributed by atoms with Crippen LogP contribution in [0.15, 0.2) is 36.4 Å². The first-order valence-corrected chi connectivity index (χ1v) is 7.12. The van der Waals surface area contributed by atoms with Gasteiger partial charge in [0.15, 0.2) is 6.61 Å². The van der Waals surface area contributed by atoms with Crippen molar-refractivity contribution in [3.63, 3.8) is 0 Å². The molecule has 0 saturated heterocycles. The van der Waals surface area contributed by atoms with Crippen molar-refractivity contribution in [3.8, 4) is 5.75 Å². The topological polar surface area (TPSA) is 78.8 Å². The van der Waals surface area contributed by atoms with E-state index < -0.39 is 24.9 Å². The van der Waals surface area contributed by atoms with Crippen LogP contribution in [0.25, 0.3) is 0 Å². The summed E-state index contributed by atoms with van der Waals surface area (Å²) in [5, 5.41) is 21.6. The van der Waals surface area contributed by atoms with Crippen LogP contribution in [0.2, 0.25) is 5.02 Å². The summed E-state index contributed by atoms with van der Waals surface area (Å²) in [6, 6.07) is 8.71. The van der Waals surface area contributed by atoms with E-state index in [1.807, 2.05) is 0 Å². The number of hydrogen-bond donors (Lipinski definition) is 3. The molecule has 5 nitrogen and oxygen atoms in total. The van der Waals surface area contributed by atoms with E-state index in [0.29, 0.717) is 10.7 Å². The lowest BCUT2D eigenvalue weighted by Gasteiger charge is -2.14. The Balaban J connectivity index is 2.05. The Labute approximate surface area is 137 Å². The van der Waals surface area contributed by atoms with Crippen LogP contribution in [0.4, 0.5) is 10.1 Å². The number of hydrogen-bond acceptors (Lipinski definition) is 4. The number of nitrogens with one attached hydrogen (secondary N) is 1.